The minimum absolute atomic E-state index is 0. The number of esters is 2. The second-order valence-corrected chi connectivity index (χ2v) is 13.1. The van der Waals surface area contributed by atoms with Crippen molar-refractivity contribution < 1.29 is 40.5 Å². The number of hydrogen-bond acceptors (Lipinski definition) is 4. The monoisotopic (exact) mass is 587 g/mol. The van der Waals surface area contributed by atoms with E-state index in [4.69, 9.17) is 9.47 Å². The van der Waals surface area contributed by atoms with Gasteiger partial charge in [-0.05, 0) is 62.6 Å². The van der Waals surface area contributed by atoms with Crippen LogP contribution in [-0.4, -0.2) is 48.8 Å². The average molecular weight is 589 g/mol. The smallest absolute Gasteiger partial charge is 0.362 e. The standard InChI is InChI=1S/C32H46NO4.BrH/c1-23-14-19-27(32(5,6)26-12-10-9-11-13-26)28(20-23)36-29(34)22-33(7,8)21-24-15-17-25(18-16-24)30(35)37-31(2,3)4;/h9-13,15-18,23,27-28H,14,19-22H2,1-8H3;1H/q+1;/p-1/t23-,27-,28-;/m1./s1. The molecule has 3 atom stereocenters. The summed E-state index contributed by atoms with van der Waals surface area (Å²) in [6, 6.07) is 18.1. The van der Waals surface area contributed by atoms with Crippen molar-refractivity contribution in [2.24, 2.45) is 11.8 Å². The molecule has 0 aromatic heterocycles. The van der Waals surface area contributed by atoms with Gasteiger partial charge in [-0.25, -0.2) is 9.59 Å². The van der Waals surface area contributed by atoms with Crippen LogP contribution >= 0.6 is 0 Å². The molecule has 0 amide bonds. The fourth-order valence-corrected chi connectivity index (χ4v) is 5.56. The molecule has 1 aliphatic carbocycles. The number of nitrogens with zero attached hydrogens (tertiary/aromatic N) is 1. The lowest BCUT2D eigenvalue weighted by Crippen LogP contribution is -3.00. The first-order chi connectivity index (χ1) is 17.2. The number of quaternary nitrogens is 1. The van der Waals surface area contributed by atoms with Gasteiger partial charge in [0.15, 0.2) is 6.54 Å². The molecule has 0 unspecified atom stereocenters. The minimum atomic E-state index is -0.527. The number of halogens is 1. The van der Waals surface area contributed by atoms with E-state index >= 15 is 0 Å². The van der Waals surface area contributed by atoms with Crippen molar-refractivity contribution in [1.29, 1.82) is 0 Å². The number of hydrogen-bond donors (Lipinski definition) is 0. The second-order valence-electron chi connectivity index (χ2n) is 13.1. The summed E-state index contributed by atoms with van der Waals surface area (Å²) in [6.45, 7) is 13.3. The predicted molar refractivity (Wildman–Crippen MR) is 148 cm³/mol. The van der Waals surface area contributed by atoms with Gasteiger partial charge in [0.25, 0.3) is 0 Å². The van der Waals surface area contributed by atoms with Crippen molar-refractivity contribution in [3.05, 3.63) is 71.3 Å². The van der Waals surface area contributed by atoms with Gasteiger partial charge in [-0.3, -0.25) is 0 Å². The quantitative estimate of drug-likeness (QED) is 0.350. The summed E-state index contributed by atoms with van der Waals surface area (Å²) >= 11 is 0. The Bertz CT molecular complexity index is 1060. The molecule has 0 bridgehead atoms. The van der Waals surface area contributed by atoms with Gasteiger partial charge in [0.1, 0.15) is 18.2 Å². The summed E-state index contributed by atoms with van der Waals surface area (Å²) in [4.78, 5) is 25.5. The Morgan fingerprint density at radius 2 is 1.53 bits per heavy atom. The SMILES string of the molecule is C[C@@H]1CC[C@@H](C(C)(C)c2ccccc2)[C@H](OC(=O)C[N+](C)(C)Cc2ccc(C(=O)OC(C)(C)C)cc2)C1.[Br-]. The number of benzene rings is 2. The molecule has 2 aromatic carbocycles. The molecule has 3 rings (SSSR count). The van der Waals surface area contributed by atoms with E-state index in [1.807, 2.05) is 53.1 Å². The Morgan fingerprint density at radius 3 is 2.11 bits per heavy atom. The Balaban J connectivity index is 0.00000507. The molecule has 5 nitrogen and oxygen atoms in total. The van der Waals surface area contributed by atoms with E-state index in [0.29, 0.717) is 22.5 Å². The third-order valence-corrected chi connectivity index (χ3v) is 7.54. The van der Waals surface area contributed by atoms with Crippen molar-refractivity contribution in [2.45, 2.75) is 84.5 Å². The van der Waals surface area contributed by atoms with Gasteiger partial charge in [0.2, 0.25) is 0 Å². The molecule has 0 spiro atoms. The highest BCUT2D eigenvalue weighted by molar-refractivity contribution is 5.89. The number of carbonyl (C=O) groups excluding carboxylic acids is 2. The average Bonchev–Trinajstić information content (AvgIpc) is 2.78. The molecule has 0 aliphatic heterocycles. The zero-order valence-corrected chi connectivity index (χ0v) is 26.0. The van der Waals surface area contributed by atoms with E-state index in [1.54, 1.807) is 12.1 Å². The van der Waals surface area contributed by atoms with Gasteiger partial charge in [0.05, 0.1) is 19.7 Å². The normalized spacial score (nSPS) is 20.3. The summed E-state index contributed by atoms with van der Waals surface area (Å²) in [7, 11) is 4.08. The molecule has 1 fully saturated rings. The van der Waals surface area contributed by atoms with E-state index < -0.39 is 5.60 Å². The highest BCUT2D eigenvalue weighted by Gasteiger charge is 2.42. The summed E-state index contributed by atoms with van der Waals surface area (Å²) in [5, 5.41) is 0. The number of rotatable bonds is 8. The van der Waals surface area contributed by atoms with Crippen LogP contribution in [0.5, 0.6) is 0 Å². The molecule has 210 valence electrons. The zero-order chi connectivity index (χ0) is 27.4. The first kappa shape index (κ1) is 32.0. The van der Waals surface area contributed by atoms with E-state index in [9.17, 15) is 9.59 Å². The van der Waals surface area contributed by atoms with Crippen molar-refractivity contribution in [3.63, 3.8) is 0 Å². The Labute approximate surface area is 240 Å². The Kier molecular flexibility index (Phi) is 10.8. The maximum Gasteiger partial charge on any atom is 0.362 e. The molecule has 1 saturated carbocycles. The maximum atomic E-state index is 13.2. The van der Waals surface area contributed by atoms with E-state index in [0.717, 1.165) is 24.8 Å². The van der Waals surface area contributed by atoms with Crippen LogP contribution < -0.4 is 17.0 Å². The molecule has 0 N–H and O–H groups in total. The van der Waals surface area contributed by atoms with Gasteiger partial charge in [-0.2, -0.15) is 0 Å². The fraction of sp³-hybridized carbons (Fsp3) is 0.562. The van der Waals surface area contributed by atoms with Crippen molar-refractivity contribution >= 4 is 11.9 Å². The van der Waals surface area contributed by atoms with Gasteiger partial charge in [-0.1, -0.05) is 69.7 Å². The Hall–Kier alpha value is -2.18. The number of likely N-dealkylation sites (N-methyl/N-ethyl adjacent to an activating group) is 1. The lowest BCUT2D eigenvalue weighted by Gasteiger charge is -2.44. The van der Waals surface area contributed by atoms with Gasteiger partial charge >= 0.3 is 11.9 Å². The topological polar surface area (TPSA) is 52.6 Å². The molecule has 0 radical (unpaired) electrons. The highest BCUT2D eigenvalue weighted by Crippen LogP contribution is 2.43. The van der Waals surface area contributed by atoms with Crippen LogP contribution in [-0.2, 0) is 26.2 Å². The summed E-state index contributed by atoms with van der Waals surface area (Å²) in [5.41, 5.74) is 2.27. The van der Waals surface area contributed by atoms with Crippen LogP contribution in [0.3, 0.4) is 0 Å². The van der Waals surface area contributed by atoms with Crippen LogP contribution in [0.15, 0.2) is 54.6 Å². The molecule has 0 heterocycles. The van der Waals surface area contributed by atoms with Crippen molar-refractivity contribution in [1.82, 2.24) is 0 Å². The third-order valence-electron chi connectivity index (χ3n) is 7.54. The minimum Gasteiger partial charge on any atom is -1.00 e. The molecule has 2 aromatic rings. The van der Waals surface area contributed by atoms with Crippen LogP contribution in [0.1, 0.15) is 82.3 Å². The van der Waals surface area contributed by atoms with Crippen LogP contribution in [0.4, 0.5) is 0 Å². The first-order valence-corrected chi connectivity index (χ1v) is 13.6. The molecule has 1 aliphatic rings. The highest BCUT2D eigenvalue weighted by atomic mass is 79.9. The molecular weight excluding hydrogens is 542 g/mol. The summed E-state index contributed by atoms with van der Waals surface area (Å²) in [5.74, 6) is 0.354. The Morgan fingerprint density at radius 1 is 0.921 bits per heavy atom. The molecule has 6 heteroatoms. The summed E-state index contributed by atoms with van der Waals surface area (Å²) < 4.78 is 12.2. The number of ether oxygens (including phenoxy) is 2. The van der Waals surface area contributed by atoms with E-state index in [-0.39, 0.29) is 52.9 Å². The van der Waals surface area contributed by atoms with Crippen molar-refractivity contribution in [2.75, 3.05) is 20.6 Å². The van der Waals surface area contributed by atoms with Gasteiger partial charge in [-0.15, -0.1) is 0 Å². The number of carbonyl (C=O) groups is 2. The van der Waals surface area contributed by atoms with Crippen LogP contribution in [0.2, 0.25) is 0 Å². The lowest BCUT2D eigenvalue weighted by atomic mass is 9.64. The van der Waals surface area contributed by atoms with Gasteiger partial charge in [0, 0.05) is 11.5 Å². The van der Waals surface area contributed by atoms with E-state index in [1.165, 1.54) is 5.56 Å². The van der Waals surface area contributed by atoms with Gasteiger partial charge < -0.3 is 30.9 Å². The predicted octanol–water partition coefficient (Wildman–Crippen LogP) is 3.55. The maximum absolute atomic E-state index is 13.2. The summed E-state index contributed by atoms with van der Waals surface area (Å²) in [6.07, 6.45) is 3.05. The molecule has 38 heavy (non-hydrogen) atoms. The van der Waals surface area contributed by atoms with Crippen molar-refractivity contribution in [3.8, 4) is 0 Å². The third kappa shape index (κ3) is 8.94. The molecular formula is C32H46BrNO4. The second kappa shape index (κ2) is 12.8. The largest absolute Gasteiger partial charge is 1.00 e. The van der Waals surface area contributed by atoms with Crippen LogP contribution in [0, 0.1) is 11.8 Å². The lowest BCUT2D eigenvalue weighted by molar-refractivity contribution is -0.896. The fourth-order valence-electron chi connectivity index (χ4n) is 5.56. The molecule has 0 saturated heterocycles. The first-order valence-electron chi connectivity index (χ1n) is 13.6. The zero-order valence-electron chi connectivity index (χ0n) is 24.4. The van der Waals surface area contributed by atoms with Crippen LogP contribution in [0.25, 0.3) is 0 Å². The van der Waals surface area contributed by atoms with E-state index in [2.05, 4.69) is 45.0 Å².